The molecule has 3 atom stereocenters. The smallest absolute Gasteiger partial charge is 0.241 e. The summed E-state index contributed by atoms with van der Waals surface area (Å²) in [6, 6.07) is 8.86. The van der Waals surface area contributed by atoms with Crippen molar-refractivity contribution in [2.45, 2.75) is 57.7 Å². The largest absolute Gasteiger partial charge is 0.343 e. The van der Waals surface area contributed by atoms with E-state index in [9.17, 15) is 14.0 Å². The SMILES string of the molecule is CC1CN(CC(=O)N2CC(C)(C)c3ncc(Cc4ccc(F)cc4)cc32)[C@@H](CN2CCN(C)C(=O)[C@H]2C)CN1. The quantitative estimate of drug-likeness (QED) is 0.611. The highest BCUT2D eigenvalue weighted by Gasteiger charge is 2.41. The van der Waals surface area contributed by atoms with Crippen LogP contribution in [0, 0.1) is 5.82 Å². The zero-order chi connectivity index (χ0) is 27.9. The van der Waals surface area contributed by atoms with Gasteiger partial charge >= 0.3 is 0 Å². The van der Waals surface area contributed by atoms with Gasteiger partial charge in [-0.25, -0.2) is 4.39 Å². The summed E-state index contributed by atoms with van der Waals surface area (Å²) in [6.45, 7) is 13.2. The van der Waals surface area contributed by atoms with Gasteiger partial charge in [-0.1, -0.05) is 26.0 Å². The van der Waals surface area contributed by atoms with Gasteiger partial charge in [-0.05, 0) is 49.6 Å². The Morgan fingerprint density at radius 2 is 1.87 bits per heavy atom. The normalized spacial score (nSPS) is 25.7. The maximum Gasteiger partial charge on any atom is 0.241 e. The number of pyridine rings is 1. The number of aromatic nitrogens is 1. The monoisotopic (exact) mass is 536 g/mol. The maximum atomic E-state index is 13.9. The molecule has 0 saturated carbocycles. The number of nitrogens with one attached hydrogen (secondary N) is 1. The molecule has 0 spiro atoms. The van der Waals surface area contributed by atoms with Gasteiger partial charge in [0, 0.05) is 70.0 Å². The summed E-state index contributed by atoms with van der Waals surface area (Å²) in [7, 11) is 1.86. The van der Waals surface area contributed by atoms with Crippen LogP contribution in [-0.4, -0.2) is 102 Å². The second kappa shape index (κ2) is 10.9. The molecule has 1 N–H and O–H groups in total. The van der Waals surface area contributed by atoms with Crippen molar-refractivity contribution in [1.82, 2.24) is 25.0 Å². The molecule has 1 aromatic heterocycles. The lowest BCUT2D eigenvalue weighted by Crippen LogP contribution is -2.63. The molecule has 210 valence electrons. The molecule has 4 heterocycles. The number of anilines is 1. The third-order valence-corrected chi connectivity index (χ3v) is 8.55. The minimum Gasteiger partial charge on any atom is -0.343 e. The number of amides is 2. The number of hydrogen-bond donors (Lipinski definition) is 1. The summed E-state index contributed by atoms with van der Waals surface area (Å²) >= 11 is 0. The van der Waals surface area contributed by atoms with Gasteiger partial charge in [-0.15, -0.1) is 0 Å². The molecule has 9 heteroatoms. The van der Waals surface area contributed by atoms with Gasteiger partial charge in [-0.3, -0.25) is 24.4 Å². The third-order valence-electron chi connectivity index (χ3n) is 8.55. The minimum absolute atomic E-state index is 0.0733. The number of fused-ring (bicyclic) bond motifs is 1. The summed E-state index contributed by atoms with van der Waals surface area (Å²) in [5.41, 5.74) is 3.57. The maximum absolute atomic E-state index is 13.9. The summed E-state index contributed by atoms with van der Waals surface area (Å²) in [6.07, 6.45) is 2.51. The highest BCUT2D eigenvalue weighted by molar-refractivity contribution is 5.97. The van der Waals surface area contributed by atoms with Gasteiger partial charge in [0.15, 0.2) is 0 Å². The van der Waals surface area contributed by atoms with Crippen molar-refractivity contribution in [2.75, 3.05) is 57.8 Å². The molecule has 2 fully saturated rings. The first-order valence-corrected chi connectivity index (χ1v) is 14.0. The Hall–Kier alpha value is -2.88. The predicted octanol–water partition coefficient (Wildman–Crippen LogP) is 2.26. The van der Waals surface area contributed by atoms with Gasteiger partial charge in [-0.2, -0.15) is 0 Å². The summed E-state index contributed by atoms with van der Waals surface area (Å²) in [5, 5.41) is 3.57. The van der Waals surface area contributed by atoms with E-state index in [1.807, 2.05) is 25.1 Å². The van der Waals surface area contributed by atoms with Crippen molar-refractivity contribution in [1.29, 1.82) is 0 Å². The van der Waals surface area contributed by atoms with E-state index in [4.69, 9.17) is 4.98 Å². The molecule has 8 nitrogen and oxygen atoms in total. The Kier molecular flexibility index (Phi) is 7.77. The number of carbonyl (C=O) groups excluding carboxylic acids is 2. The van der Waals surface area contributed by atoms with Crippen molar-refractivity contribution < 1.29 is 14.0 Å². The van der Waals surface area contributed by atoms with E-state index in [-0.39, 0.29) is 41.2 Å². The highest BCUT2D eigenvalue weighted by Crippen LogP contribution is 2.39. The molecule has 0 bridgehead atoms. The summed E-state index contributed by atoms with van der Waals surface area (Å²) in [4.78, 5) is 39.5. The average Bonchev–Trinajstić information content (AvgIpc) is 3.17. The molecule has 39 heavy (non-hydrogen) atoms. The number of carbonyl (C=O) groups is 2. The third kappa shape index (κ3) is 5.85. The molecule has 3 aliphatic heterocycles. The number of halogens is 1. The first-order chi connectivity index (χ1) is 18.5. The highest BCUT2D eigenvalue weighted by atomic mass is 19.1. The van der Waals surface area contributed by atoms with Crippen molar-refractivity contribution in [3.63, 3.8) is 0 Å². The molecule has 5 rings (SSSR count). The number of likely N-dealkylation sites (N-methyl/N-ethyl adjacent to an activating group) is 1. The van der Waals surface area contributed by atoms with Crippen molar-refractivity contribution in [3.05, 3.63) is 59.2 Å². The van der Waals surface area contributed by atoms with Crippen LogP contribution in [0.25, 0.3) is 0 Å². The molecule has 1 aromatic carbocycles. The minimum atomic E-state index is -0.251. The van der Waals surface area contributed by atoms with Crippen molar-refractivity contribution in [2.24, 2.45) is 0 Å². The predicted molar refractivity (Wildman–Crippen MR) is 150 cm³/mol. The van der Waals surface area contributed by atoms with E-state index in [0.29, 0.717) is 19.5 Å². The topological polar surface area (TPSA) is 72.0 Å². The van der Waals surface area contributed by atoms with E-state index in [0.717, 1.165) is 55.2 Å². The van der Waals surface area contributed by atoms with Crippen LogP contribution in [0.5, 0.6) is 0 Å². The lowest BCUT2D eigenvalue weighted by molar-refractivity contribution is -0.140. The molecule has 2 saturated heterocycles. The lowest BCUT2D eigenvalue weighted by atomic mass is 9.91. The van der Waals surface area contributed by atoms with Crippen LogP contribution < -0.4 is 10.2 Å². The molecule has 2 amide bonds. The van der Waals surface area contributed by atoms with E-state index < -0.39 is 0 Å². The second-order valence-corrected chi connectivity index (χ2v) is 12.2. The van der Waals surface area contributed by atoms with Crippen LogP contribution in [0.3, 0.4) is 0 Å². The zero-order valence-corrected chi connectivity index (χ0v) is 23.8. The van der Waals surface area contributed by atoms with E-state index in [2.05, 4.69) is 42.0 Å². The Labute approximate surface area is 231 Å². The first kappa shape index (κ1) is 27.7. The number of benzene rings is 1. The van der Waals surface area contributed by atoms with Gasteiger partial charge in [0.25, 0.3) is 0 Å². The molecule has 1 unspecified atom stereocenters. The van der Waals surface area contributed by atoms with Gasteiger partial charge < -0.3 is 15.1 Å². The van der Waals surface area contributed by atoms with Crippen LogP contribution in [-0.2, 0) is 21.4 Å². The molecule has 2 aromatic rings. The van der Waals surface area contributed by atoms with Gasteiger partial charge in [0.2, 0.25) is 11.8 Å². The van der Waals surface area contributed by atoms with Crippen molar-refractivity contribution >= 4 is 17.5 Å². The number of hydrogen-bond acceptors (Lipinski definition) is 6. The molecule has 0 aliphatic carbocycles. The van der Waals surface area contributed by atoms with E-state index >= 15 is 0 Å². The average molecular weight is 537 g/mol. The summed E-state index contributed by atoms with van der Waals surface area (Å²) < 4.78 is 13.4. The second-order valence-electron chi connectivity index (χ2n) is 12.2. The van der Waals surface area contributed by atoms with Crippen LogP contribution in [0.4, 0.5) is 10.1 Å². The summed E-state index contributed by atoms with van der Waals surface area (Å²) in [5.74, 6) is -0.0245. The fourth-order valence-electron chi connectivity index (χ4n) is 6.18. The first-order valence-electron chi connectivity index (χ1n) is 14.0. The van der Waals surface area contributed by atoms with Gasteiger partial charge in [0.05, 0.1) is 24.0 Å². The van der Waals surface area contributed by atoms with Crippen LogP contribution in [0.1, 0.15) is 44.5 Å². The van der Waals surface area contributed by atoms with Crippen LogP contribution >= 0.6 is 0 Å². The van der Waals surface area contributed by atoms with Crippen LogP contribution in [0.2, 0.25) is 0 Å². The Morgan fingerprint density at radius 1 is 1.13 bits per heavy atom. The van der Waals surface area contributed by atoms with E-state index in [1.165, 1.54) is 12.1 Å². The fraction of sp³-hybridized carbons (Fsp3) is 0.567. The number of rotatable bonds is 6. The molecule has 0 radical (unpaired) electrons. The molecular weight excluding hydrogens is 495 g/mol. The Bertz CT molecular complexity index is 1220. The van der Waals surface area contributed by atoms with Crippen molar-refractivity contribution in [3.8, 4) is 0 Å². The number of nitrogens with zero attached hydrogens (tertiary/aromatic N) is 5. The Balaban J connectivity index is 1.32. The standard InChI is InChI=1S/C30H41FN6O2/c1-20-16-36(25(15-32-20)17-35-11-10-34(5)29(39)21(35)2)18-27(38)37-19-30(3,4)28-26(37)13-23(14-33-28)12-22-6-8-24(31)9-7-22/h6-9,13-14,20-21,25,32H,10-12,15-19H2,1-5H3/t20?,21-,25-/m1/s1. The van der Waals surface area contributed by atoms with E-state index in [1.54, 1.807) is 17.0 Å². The Morgan fingerprint density at radius 3 is 2.62 bits per heavy atom. The molecular formula is C30H41FN6O2. The zero-order valence-electron chi connectivity index (χ0n) is 23.8. The fourth-order valence-corrected chi connectivity index (χ4v) is 6.18. The van der Waals surface area contributed by atoms with Crippen LogP contribution in [0.15, 0.2) is 36.5 Å². The number of piperazine rings is 2. The molecule has 3 aliphatic rings. The lowest BCUT2D eigenvalue weighted by Gasteiger charge is -2.44. The van der Waals surface area contributed by atoms with Gasteiger partial charge in [0.1, 0.15) is 5.82 Å².